The minimum absolute atomic E-state index is 0.289. The quantitative estimate of drug-likeness (QED) is 0.757. The molecule has 1 aromatic heterocycles. The summed E-state index contributed by atoms with van der Waals surface area (Å²) in [4.78, 5) is 0. The van der Waals surface area contributed by atoms with Gasteiger partial charge >= 0.3 is 6.18 Å². The van der Waals surface area contributed by atoms with Crippen LogP contribution in [0.15, 0.2) is 22.7 Å². The van der Waals surface area contributed by atoms with Gasteiger partial charge in [-0.25, -0.2) is 0 Å². The van der Waals surface area contributed by atoms with Gasteiger partial charge in [-0.3, -0.25) is 9.67 Å². The molecule has 0 aliphatic carbocycles. The number of rotatable bonds is 3. The zero-order valence-corrected chi connectivity index (χ0v) is 13.7. The lowest BCUT2D eigenvalue weighted by atomic mass is 10.1. The van der Waals surface area contributed by atoms with Crippen LogP contribution < -0.4 is 0 Å². The average Bonchev–Trinajstić information content (AvgIpc) is 2.70. The second-order valence-electron chi connectivity index (χ2n) is 5.05. The van der Waals surface area contributed by atoms with Crippen molar-refractivity contribution < 1.29 is 13.2 Å². The number of benzene rings is 1. The summed E-state index contributed by atoms with van der Waals surface area (Å²) in [7, 11) is 0. The third-order valence-corrected chi connectivity index (χ3v) is 3.84. The number of hydrogen-bond donors (Lipinski definition) is 1. The van der Waals surface area contributed by atoms with Gasteiger partial charge < -0.3 is 0 Å². The summed E-state index contributed by atoms with van der Waals surface area (Å²) in [6.07, 6.45) is -4.40. The molecule has 1 N–H and O–H groups in total. The molecular formula is C13H13BrF3N3S. The molecule has 0 unspecified atom stereocenters. The lowest BCUT2D eigenvalue weighted by Gasteiger charge is -2.13. The van der Waals surface area contributed by atoms with Crippen molar-refractivity contribution in [3.8, 4) is 11.4 Å². The van der Waals surface area contributed by atoms with Gasteiger partial charge in [0, 0.05) is 16.6 Å². The zero-order chi connectivity index (χ0) is 15.8. The topological polar surface area (TPSA) is 33.6 Å². The van der Waals surface area contributed by atoms with E-state index < -0.39 is 11.7 Å². The highest BCUT2D eigenvalue weighted by atomic mass is 79.9. The molecule has 0 bridgehead atoms. The predicted octanol–water partition coefficient (Wildman–Crippen LogP) is 5.04. The molecule has 0 saturated heterocycles. The highest BCUT2D eigenvalue weighted by Crippen LogP contribution is 2.35. The van der Waals surface area contributed by atoms with Crippen LogP contribution >= 0.6 is 28.1 Å². The smallest absolute Gasteiger partial charge is 0.300 e. The molecule has 114 valence electrons. The van der Waals surface area contributed by atoms with Gasteiger partial charge in [0.25, 0.3) is 0 Å². The Bertz CT molecular complexity index is 703. The predicted molar refractivity (Wildman–Crippen MR) is 80.4 cm³/mol. The molecule has 2 aromatic rings. The van der Waals surface area contributed by atoms with Crippen LogP contribution in [0.25, 0.3) is 11.4 Å². The number of halogens is 4. The van der Waals surface area contributed by atoms with Crippen LogP contribution in [0.2, 0.25) is 0 Å². The third kappa shape index (κ3) is 3.55. The number of aromatic amines is 1. The Morgan fingerprint density at radius 2 is 2.05 bits per heavy atom. The maximum absolute atomic E-state index is 12.9. The minimum Gasteiger partial charge on any atom is -0.300 e. The third-order valence-electron chi connectivity index (χ3n) is 2.84. The molecule has 0 aliphatic heterocycles. The fraction of sp³-hybridized carbons (Fsp3) is 0.385. The molecule has 8 heteroatoms. The first-order valence-electron chi connectivity index (χ1n) is 6.22. The molecule has 0 radical (unpaired) electrons. The first-order chi connectivity index (χ1) is 9.70. The van der Waals surface area contributed by atoms with Crippen LogP contribution in [0.1, 0.15) is 19.4 Å². The Balaban J connectivity index is 2.59. The van der Waals surface area contributed by atoms with Crippen molar-refractivity contribution >= 4 is 28.1 Å². The Hall–Kier alpha value is -1.15. The van der Waals surface area contributed by atoms with Gasteiger partial charge in [0.2, 0.25) is 0 Å². The highest BCUT2D eigenvalue weighted by Gasteiger charge is 2.31. The summed E-state index contributed by atoms with van der Waals surface area (Å²) in [6.45, 7) is 4.58. The maximum atomic E-state index is 12.9. The molecule has 0 fully saturated rings. The number of hydrogen-bond acceptors (Lipinski definition) is 2. The molecule has 0 amide bonds. The summed E-state index contributed by atoms with van der Waals surface area (Å²) in [5.74, 6) is 0.685. The summed E-state index contributed by atoms with van der Waals surface area (Å²) in [5, 5.41) is 6.71. The van der Waals surface area contributed by atoms with Crippen molar-refractivity contribution in [1.82, 2.24) is 14.8 Å². The lowest BCUT2D eigenvalue weighted by Crippen LogP contribution is -2.08. The van der Waals surface area contributed by atoms with Gasteiger partial charge in [0.15, 0.2) is 10.6 Å². The van der Waals surface area contributed by atoms with E-state index in [9.17, 15) is 13.2 Å². The Morgan fingerprint density at radius 3 is 2.62 bits per heavy atom. The molecule has 0 atom stereocenters. The van der Waals surface area contributed by atoms with E-state index in [2.05, 4.69) is 26.1 Å². The van der Waals surface area contributed by atoms with E-state index in [1.54, 1.807) is 4.57 Å². The van der Waals surface area contributed by atoms with E-state index in [1.807, 2.05) is 13.8 Å². The van der Waals surface area contributed by atoms with E-state index in [0.717, 1.165) is 12.1 Å². The molecule has 0 spiro atoms. The maximum Gasteiger partial charge on any atom is 0.416 e. The van der Waals surface area contributed by atoms with Crippen molar-refractivity contribution in [3.63, 3.8) is 0 Å². The van der Waals surface area contributed by atoms with Crippen molar-refractivity contribution in [2.45, 2.75) is 26.6 Å². The van der Waals surface area contributed by atoms with Gasteiger partial charge in [-0.05, 0) is 36.3 Å². The largest absolute Gasteiger partial charge is 0.416 e. The molecule has 2 rings (SSSR count). The van der Waals surface area contributed by atoms with Crippen LogP contribution in [0, 0.1) is 10.7 Å². The van der Waals surface area contributed by atoms with Gasteiger partial charge in [0.1, 0.15) is 0 Å². The summed E-state index contributed by atoms with van der Waals surface area (Å²) < 4.78 is 41.2. The second-order valence-corrected chi connectivity index (χ2v) is 6.29. The average molecular weight is 380 g/mol. The molecule has 0 aliphatic rings. The van der Waals surface area contributed by atoms with E-state index in [0.29, 0.717) is 27.2 Å². The monoisotopic (exact) mass is 379 g/mol. The first kappa shape index (κ1) is 16.2. The molecular weight excluding hydrogens is 367 g/mol. The van der Waals surface area contributed by atoms with Gasteiger partial charge in [0.05, 0.1) is 5.56 Å². The molecule has 0 saturated carbocycles. The second kappa shape index (κ2) is 5.92. The number of aromatic nitrogens is 3. The Labute approximate surface area is 133 Å². The van der Waals surface area contributed by atoms with E-state index in [1.165, 1.54) is 6.07 Å². The number of nitrogens with zero attached hydrogens (tertiary/aromatic N) is 2. The highest BCUT2D eigenvalue weighted by molar-refractivity contribution is 9.10. The Kier molecular flexibility index (Phi) is 4.57. The van der Waals surface area contributed by atoms with Gasteiger partial charge in [-0.15, -0.1) is 0 Å². The Morgan fingerprint density at radius 1 is 1.38 bits per heavy atom. The molecule has 21 heavy (non-hydrogen) atoms. The van der Waals surface area contributed by atoms with Crippen LogP contribution in [-0.4, -0.2) is 14.8 Å². The van der Waals surface area contributed by atoms with Crippen LogP contribution in [0.5, 0.6) is 0 Å². The fourth-order valence-electron chi connectivity index (χ4n) is 1.93. The van der Waals surface area contributed by atoms with Crippen LogP contribution in [0.4, 0.5) is 13.2 Å². The summed E-state index contributed by atoms with van der Waals surface area (Å²) in [6, 6.07) is 3.48. The minimum atomic E-state index is -4.40. The van der Waals surface area contributed by atoms with Crippen LogP contribution in [-0.2, 0) is 12.7 Å². The molecule has 1 heterocycles. The normalized spacial score (nSPS) is 12.1. The van der Waals surface area contributed by atoms with Crippen molar-refractivity contribution in [3.05, 3.63) is 33.0 Å². The number of H-pyrrole nitrogens is 1. The van der Waals surface area contributed by atoms with E-state index in [4.69, 9.17) is 12.2 Å². The van der Waals surface area contributed by atoms with Crippen LogP contribution in [0.3, 0.4) is 0 Å². The van der Waals surface area contributed by atoms with Crippen molar-refractivity contribution in [1.29, 1.82) is 0 Å². The summed E-state index contributed by atoms with van der Waals surface area (Å²) in [5.41, 5.74) is -0.358. The van der Waals surface area contributed by atoms with E-state index >= 15 is 0 Å². The standard InChI is InChI=1S/C13H13BrF3N3S/c1-7(2)6-20-11(18-19-12(20)21)9-5-8(13(15,16)17)3-4-10(9)14/h3-5,7H,6H2,1-2H3,(H,19,21). The SMILES string of the molecule is CC(C)Cn1c(-c2cc(C(F)(F)F)ccc2Br)n[nH]c1=S. The molecule has 3 nitrogen and oxygen atoms in total. The number of nitrogens with one attached hydrogen (secondary N) is 1. The van der Waals surface area contributed by atoms with E-state index in [-0.39, 0.29) is 5.92 Å². The lowest BCUT2D eigenvalue weighted by molar-refractivity contribution is -0.137. The molecule has 1 aromatic carbocycles. The van der Waals surface area contributed by atoms with Crippen molar-refractivity contribution in [2.24, 2.45) is 5.92 Å². The fourth-order valence-corrected chi connectivity index (χ4v) is 2.56. The van der Waals surface area contributed by atoms with Gasteiger partial charge in [-0.1, -0.05) is 29.8 Å². The number of alkyl halides is 3. The first-order valence-corrected chi connectivity index (χ1v) is 7.42. The summed E-state index contributed by atoms with van der Waals surface area (Å²) >= 11 is 8.42. The zero-order valence-electron chi connectivity index (χ0n) is 11.3. The van der Waals surface area contributed by atoms with Gasteiger partial charge in [-0.2, -0.15) is 18.3 Å². The van der Waals surface area contributed by atoms with Crippen molar-refractivity contribution in [2.75, 3.05) is 0 Å².